The first-order chi connectivity index (χ1) is 9.17. The third kappa shape index (κ3) is 3.41. The van der Waals surface area contributed by atoms with Gasteiger partial charge in [-0.05, 0) is 33.6 Å². The Morgan fingerprint density at radius 2 is 1.80 bits per heavy atom. The van der Waals surface area contributed by atoms with Crippen molar-refractivity contribution >= 4 is 9.84 Å². The first kappa shape index (κ1) is 17.2. The molecule has 0 amide bonds. The highest BCUT2D eigenvalue weighted by atomic mass is 32.2. The molecule has 1 N–H and O–H groups in total. The lowest BCUT2D eigenvalue weighted by atomic mass is 10.1. The lowest BCUT2D eigenvalue weighted by Gasteiger charge is -2.19. The molecule has 0 aliphatic heterocycles. The Morgan fingerprint density at radius 1 is 1.20 bits per heavy atom. The first-order valence-electron chi connectivity index (χ1n) is 7.08. The van der Waals surface area contributed by atoms with E-state index in [1.165, 1.54) is 0 Å². The van der Waals surface area contributed by atoms with Gasteiger partial charge in [0.05, 0.1) is 29.3 Å². The van der Waals surface area contributed by atoms with Crippen molar-refractivity contribution in [3.63, 3.8) is 0 Å². The predicted molar refractivity (Wildman–Crippen MR) is 80.4 cm³/mol. The van der Waals surface area contributed by atoms with Crippen LogP contribution in [0.25, 0.3) is 0 Å². The summed E-state index contributed by atoms with van der Waals surface area (Å²) in [4.78, 5) is 0. The molecule has 1 aromatic heterocycles. The van der Waals surface area contributed by atoms with E-state index in [1.54, 1.807) is 25.5 Å². The van der Waals surface area contributed by atoms with Crippen molar-refractivity contribution in [3.05, 3.63) is 17.0 Å². The van der Waals surface area contributed by atoms with Crippen LogP contribution in [0.15, 0.2) is 0 Å². The van der Waals surface area contributed by atoms with Gasteiger partial charge in [-0.25, -0.2) is 8.42 Å². The summed E-state index contributed by atoms with van der Waals surface area (Å²) < 4.78 is 25.3. The Kier molecular flexibility index (Phi) is 5.38. The molecule has 5 nitrogen and oxygen atoms in total. The number of rotatable bonds is 6. The number of aliphatic hydroxyl groups is 1. The van der Waals surface area contributed by atoms with Crippen LogP contribution in [0, 0.1) is 0 Å². The fraction of sp³-hybridized carbons (Fsp3) is 0.786. The molecular formula is C14H26N2O3S. The molecule has 1 rings (SSSR count). The smallest absolute Gasteiger partial charge is 0.157 e. The number of hydrogen-bond acceptors (Lipinski definition) is 4. The van der Waals surface area contributed by atoms with Crippen LogP contribution in [0.1, 0.15) is 51.6 Å². The molecule has 1 heterocycles. The first-order valence-corrected chi connectivity index (χ1v) is 8.73. The summed E-state index contributed by atoms with van der Waals surface area (Å²) in [6.45, 7) is 9.41. The normalized spacial score (nSPS) is 12.9. The van der Waals surface area contributed by atoms with Crippen LogP contribution in [0.5, 0.6) is 0 Å². The van der Waals surface area contributed by atoms with Crippen molar-refractivity contribution in [2.45, 2.75) is 65.4 Å². The van der Waals surface area contributed by atoms with Crippen LogP contribution < -0.4 is 0 Å². The van der Waals surface area contributed by atoms with Crippen molar-refractivity contribution in [2.75, 3.05) is 5.75 Å². The highest BCUT2D eigenvalue weighted by Gasteiger charge is 2.29. The lowest BCUT2D eigenvalue weighted by Crippen LogP contribution is -2.32. The largest absolute Gasteiger partial charge is 0.392 e. The molecule has 1 aromatic rings. The van der Waals surface area contributed by atoms with E-state index in [9.17, 15) is 13.5 Å². The molecule has 116 valence electrons. The van der Waals surface area contributed by atoms with Gasteiger partial charge in [0.2, 0.25) is 0 Å². The Bertz CT molecular complexity index is 554. The SMILES string of the molecule is CCc1nn(CCS(=O)(=O)C(C)(C)C)c(CC)c1CO. The molecule has 0 bridgehead atoms. The van der Waals surface area contributed by atoms with Gasteiger partial charge in [0.25, 0.3) is 0 Å². The Hall–Kier alpha value is -0.880. The monoisotopic (exact) mass is 302 g/mol. The van der Waals surface area contributed by atoms with Gasteiger partial charge >= 0.3 is 0 Å². The lowest BCUT2D eigenvalue weighted by molar-refractivity contribution is 0.279. The van der Waals surface area contributed by atoms with Crippen molar-refractivity contribution in [1.29, 1.82) is 0 Å². The maximum absolute atomic E-state index is 12.2. The second-order valence-corrected chi connectivity index (χ2v) is 8.75. The molecule has 0 saturated carbocycles. The number of aliphatic hydroxyl groups excluding tert-OH is 1. The second kappa shape index (κ2) is 6.26. The maximum Gasteiger partial charge on any atom is 0.157 e. The molecule has 0 aromatic carbocycles. The van der Waals surface area contributed by atoms with Gasteiger partial charge in [0, 0.05) is 11.3 Å². The van der Waals surface area contributed by atoms with Gasteiger partial charge in [0.1, 0.15) is 0 Å². The Labute approximate surface area is 121 Å². The zero-order valence-corrected chi connectivity index (χ0v) is 13.9. The second-order valence-electron chi connectivity index (χ2n) is 5.89. The van der Waals surface area contributed by atoms with Crippen LogP contribution in [0.3, 0.4) is 0 Å². The van der Waals surface area contributed by atoms with Crippen molar-refractivity contribution in [1.82, 2.24) is 9.78 Å². The summed E-state index contributed by atoms with van der Waals surface area (Å²) in [7, 11) is -3.16. The minimum Gasteiger partial charge on any atom is -0.392 e. The average molecular weight is 302 g/mol. The summed E-state index contributed by atoms with van der Waals surface area (Å²) in [5.74, 6) is 0.0687. The summed E-state index contributed by atoms with van der Waals surface area (Å²) in [5, 5.41) is 13.9. The molecule has 20 heavy (non-hydrogen) atoms. The van der Waals surface area contributed by atoms with Gasteiger partial charge < -0.3 is 5.11 Å². The molecule has 0 unspecified atom stereocenters. The molecule has 0 atom stereocenters. The molecular weight excluding hydrogens is 276 g/mol. The van der Waals surface area contributed by atoms with E-state index in [0.29, 0.717) is 6.54 Å². The van der Waals surface area contributed by atoms with E-state index in [4.69, 9.17) is 0 Å². The molecule has 0 saturated heterocycles. The van der Waals surface area contributed by atoms with Crippen LogP contribution in [-0.4, -0.2) is 33.8 Å². The van der Waals surface area contributed by atoms with Gasteiger partial charge in [-0.1, -0.05) is 13.8 Å². The van der Waals surface area contributed by atoms with E-state index < -0.39 is 14.6 Å². The highest BCUT2D eigenvalue weighted by molar-refractivity contribution is 7.92. The highest BCUT2D eigenvalue weighted by Crippen LogP contribution is 2.19. The van der Waals surface area contributed by atoms with Gasteiger partial charge in [-0.2, -0.15) is 5.10 Å². The van der Waals surface area contributed by atoms with Crippen LogP contribution in [0.2, 0.25) is 0 Å². The predicted octanol–water partition coefficient (Wildman–Crippen LogP) is 1.71. The number of sulfone groups is 1. The van der Waals surface area contributed by atoms with Gasteiger partial charge in [0.15, 0.2) is 9.84 Å². The molecule has 0 fully saturated rings. The third-order valence-electron chi connectivity index (χ3n) is 3.58. The van der Waals surface area contributed by atoms with E-state index in [1.807, 2.05) is 13.8 Å². The Morgan fingerprint density at radius 3 is 2.20 bits per heavy atom. The van der Waals surface area contributed by atoms with Gasteiger partial charge in [-0.15, -0.1) is 0 Å². The van der Waals surface area contributed by atoms with E-state index in [-0.39, 0.29) is 12.4 Å². The number of nitrogens with zero attached hydrogens (tertiary/aromatic N) is 2. The minimum absolute atomic E-state index is 0.0433. The topological polar surface area (TPSA) is 72.2 Å². The quantitative estimate of drug-likeness (QED) is 0.868. The van der Waals surface area contributed by atoms with Crippen LogP contribution >= 0.6 is 0 Å². The Balaban J connectivity index is 3.03. The number of aryl methyl sites for hydroxylation is 2. The number of hydrogen-bond donors (Lipinski definition) is 1. The summed E-state index contributed by atoms with van der Waals surface area (Å²) in [5.41, 5.74) is 2.65. The minimum atomic E-state index is -3.16. The average Bonchev–Trinajstić information content (AvgIpc) is 2.71. The van der Waals surface area contributed by atoms with E-state index in [2.05, 4.69) is 5.10 Å². The molecule has 0 radical (unpaired) electrons. The van der Waals surface area contributed by atoms with Crippen molar-refractivity contribution in [3.8, 4) is 0 Å². The molecule has 0 aliphatic carbocycles. The van der Waals surface area contributed by atoms with Crippen LogP contribution in [0.4, 0.5) is 0 Å². The summed E-state index contributed by atoms with van der Waals surface area (Å²) >= 11 is 0. The summed E-state index contributed by atoms with van der Waals surface area (Å²) in [6.07, 6.45) is 1.47. The summed E-state index contributed by atoms with van der Waals surface area (Å²) in [6, 6.07) is 0. The van der Waals surface area contributed by atoms with E-state index >= 15 is 0 Å². The van der Waals surface area contributed by atoms with Crippen molar-refractivity contribution in [2.24, 2.45) is 0 Å². The fourth-order valence-electron chi connectivity index (χ4n) is 2.15. The third-order valence-corrected chi connectivity index (χ3v) is 6.17. The maximum atomic E-state index is 12.2. The fourth-order valence-corrected chi connectivity index (χ4v) is 3.17. The molecule has 0 spiro atoms. The molecule has 0 aliphatic rings. The zero-order valence-electron chi connectivity index (χ0n) is 13.1. The number of aromatic nitrogens is 2. The van der Waals surface area contributed by atoms with Crippen LogP contribution in [-0.2, 0) is 35.8 Å². The van der Waals surface area contributed by atoms with Gasteiger partial charge in [-0.3, -0.25) is 4.68 Å². The molecule has 6 heteroatoms. The van der Waals surface area contributed by atoms with E-state index in [0.717, 1.165) is 29.8 Å². The zero-order chi connectivity index (χ0) is 15.6. The standard InChI is InChI=1S/C14H26N2O3S/c1-6-12-11(10-17)13(7-2)16(15-12)8-9-20(18,19)14(3,4)5/h17H,6-10H2,1-5H3. The van der Waals surface area contributed by atoms with Crippen molar-refractivity contribution < 1.29 is 13.5 Å².